The van der Waals surface area contributed by atoms with Gasteiger partial charge in [0.15, 0.2) is 18.1 Å². The van der Waals surface area contributed by atoms with Gasteiger partial charge in [-0.25, -0.2) is 0 Å². The molecule has 20 heavy (non-hydrogen) atoms. The normalized spacial score (nSPS) is 13.9. The van der Waals surface area contributed by atoms with Crippen LogP contribution in [0, 0.1) is 0 Å². The second-order valence-corrected chi connectivity index (χ2v) is 4.85. The van der Waals surface area contributed by atoms with Gasteiger partial charge >= 0.3 is 0 Å². The average Bonchev–Trinajstić information content (AvgIpc) is 3.27. The number of methoxy groups -OCH3 is 1. The van der Waals surface area contributed by atoms with E-state index in [-0.39, 0.29) is 12.5 Å². The maximum absolute atomic E-state index is 11.5. The monoisotopic (exact) mass is 278 g/mol. The third-order valence-corrected chi connectivity index (χ3v) is 3.16. The molecule has 0 aromatic heterocycles. The Morgan fingerprint density at radius 1 is 1.40 bits per heavy atom. The van der Waals surface area contributed by atoms with E-state index in [0.29, 0.717) is 24.1 Å². The standard InChI is InChI=1S/C15H22N2O3/c1-3-16-14(18)10-20-15-11(9-17-12-7-8-12)5-4-6-13(15)19-2/h4-6,12,17H,3,7-10H2,1-2H3,(H,16,18). The van der Waals surface area contributed by atoms with E-state index in [1.807, 2.05) is 25.1 Å². The maximum atomic E-state index is 11.5. The smallest absolute Gasteiger partial charge is 0.257 e. The minimum Gasteiger partial charge on any atom is -0.493 e. The number of para-hydroxylation sites is 1. The summed E-state index contributed by atoms with van der Waals surface area (Å²) in [6, 6.07) is 6.39. The molecule has 5 nitrogen and oxygen atoms in total. The summed E-state index contributed by atoms with van der Waals surface area (Å²) < 4.78 is 11.0. The Hall–Kier alpha value is -1.75. The number of amides is 1. The summed E-state index contributed by atoms with van der Waals surface area (Å²) >= 11 is 0. The molecule has 1 amide bonds. The average molecular weight is 278 g/mol. The van der Waals surface area contributed by atoms with Gasteiger partial charge in [0.05, 0.1) is 7.11 Å². The number of carbonyl (C=O) groups is 1. The van der Waals surface area contributed by atoms with Crippen LogP contribution < -0.4 is 20.1 Å². The molecule has 1 fully saturated rings. The first kappa shape index (κ1) is 14.7. The third-order valence-electron chi connectivity index (χ3n) is 3.16. The van der Waals surface area contributed by atoms with E-state index >= 15 is 0 Å². The zero-order valence-electron chi connectivity index (χ0n) is 12.1. The fourth-order valence-corrected chi connectivity index (χ4v) is 1.95. The van der Waals surface area contributed by atoms with E-state index in [0.717, 1.165) is 12.1 Å². The molecule has 1 aliphatic rings. The van der Waals surface area contributed by atoms with Crippen molar-refractivity contribution in [3.63, 3.8) is 0 Å². The van der Waals surface area contributed by atoms with Crippen molar-refractivity contribution in [2.24, 2.45) is 0 Å². The summed E-state index contributed by atoms with van der Waals surface area (Å²) in [5.74, 6) is 1.18. The lowest BCUT2D eigenvalue weighted by molar-refractivity contribution is -0.123. The van der Waals surface area contributed by atoms with Gasteiger partial charge < -0.3 is 20.1 Å². The van der Waals surface area contributed by atoms with Crippen LogP contribution in [0.3, 0.4) is 0 Å². The van der Waals surface area contributed by atoms with Gasteiger partial charge in [-0.1, -0.05) is 12.1 Å². The summed E-state index contributed by atoms with van der Waals surface area (Å²) in [5, 5.41) is 6.15. The molecular formula is C15H22N2O3. The first-order valence-corrected chi connectivity index (χ1v) is 7.03. The van der Waals surface area contributed by atoms with Gasteiger partial charge in [0.25, 0.3) is 5.91 Å². The fraction of sp³-hybridized carbons (Fsp3) is 0.533. The van der Waals surface area contributed by atoms with Crippen LogP contribution in [0.4, 0.5) is 0 Å². The van der Waals surface area contributed by atoms with Gasteiger partial charge in [-0.3, -0.25) is 4.79 Å². The number of nitrogens with one attached hydrogen (secondary N) is 2. The van der Waals surface area contributed by atoms with Crippen molar-refractivity contribution < 1.29 is 14.3 Å². The molecule has 0 spiro atoms. The van der Waals surface area contributed by atoms with Crippen molar-refractivity contribution in [1.82, 2.24) is 10.6 Å². The lowest BCUT2D eigenvalue weighted by Gasteiger charge is -2.15. The minimum absolute atomic E-state index is 0.00461. The summed E-state index contributed by atoms with van der Waals surface area (Å²) in [6.45, 7) is 3.22. The molecular weight excluding hydrogens is 256 g/mol. The molecule has 1 aromatic carbocycles. The van der Waals surface area contributed by atoms with E-state index in [9.17, 15) is 4.79 Å². The first-order chi connectivity index (χ1) is 9.74. The van der Waals surface area contributed by atoms with Crippen LogP contribution in [0.25, 0.3) is 0 Å². The largest absolute Gasteiger partial charge is 0.493 e. The Kier molecular flexibility index (Phi) is 5.24. The van der Waals surface area contributed by atoms with E-state index in [2.05, 4.69) is 10.6 Å². The Labute approximate surface area is 119 Å². The molecule has 1 aromatic rings. The SMILES string of the molecule is CCNC(=O)COc1c(CNC2CC2)cccc1OC. The highest BCUT2D eigenvalue weighted by molar-refractivity contribution is 5.77. The Morgan fingerprint density at radius 2 is 2.20 bits per heavy atom. The molecule has 0 atom stereocenters. The molecule has 2 rings (SSSR count). The molecule has 5 heteroatoms. The summed E-state index contributed by atoms with van der Waals surface area (Å²) in [7, 11) is 1.60. The van der Waals surface area contributed by atoms with Crippen LogP contribution in [0.5, 0.6) is 11.5 Å². The Morgan fingerprint density at radius 3 is 2.85 bits per heavy atom. The van der Waals surface area contributed by atoms with E-state index in [4.69, 9.17) is 9.47 Å². The number of benzene rings is 1. The van der Waals surface area contributed by atoms with Crippen molar-refractivity contribution in [3.05, 3.63) is 23.8 Å². The number of hydrogen-bond acceptors (Lipinski definition) is 4. The van der Waals surface area contributed by atoms with Crippen molar-refractivity contribution in [2.75, 3.05) is 20.3 Å². The zero-order valence-corrected chi connectivity index (χ0v) is 12.1. The van der Waals surface area contributed by atoms with Crippen LogP contribution in [0.2, 0.25) is 0 Å². The van der Waals surface area contributed by atoms with Crippen molar-refractivity contribution in [2.45, 2.75) is 32.4 Å². The number of carbonyl (C=O) groups excluding carboxylic acids is 1. The highest BCUT2D eigenvalue weighted by Gasteiger charge is 2.21. The topological polar surface area (TPSA) is 59.6 Å². The molecule has 2 N–H and O–H groups in total. The fourth-order valence-electron chi connectivity index (χ4n) is 1.95. The number of likely N-dealkylation sites (N-methyl/N-ethyl adjacent to an activating group) is 1. The van der Waals surface area contributed by atoms with Crippen LogP contribution in [0.15, 0.2) is 18.2 Å². The summed E-state index contributed by atoms with van der Waals surface area (Å²) in [5.41, 5.74) is 1.01. The quantitative estimate of drug-likeness (QED) is 0.756. The highest BCUT2D eigenvalue weighted by Crippen LogP contribution is 2.31. The van der Waals surface area contributed by atoms with Gasteiger partial charge in [0.1, 0.15) is 0 Å². The van der Waals surface area contributed by atoms with Crippen LogP contribution in [-0.4, -0.2) is 32.2 Å². The number of ether oxygens (including phenoxy) is 2. The molecule has 0 bridgehead atoms. The van der Waals surface area contributed by atoms with Crippen molar-refractivity contribution in [1.29, 1.82) is 0 Å². The van der Waals surface area contributed by atoms with Gasteiger partial charge in [0.2, 0.25) is 0 Å². The first-order valence-electron chi connectivity index (χ1n) is 7.03. The van der Waals surface area contributed by atoms with Gasteiger partial charge in [-0.15, -0.1) is 0 Å². The maximum Gasteiger partial charge on any atom is 0.257 e. The van der Waals surface area contributed by atoms with Crippen LogP contribution in [-0.2, 0) is 11.3 Å². The second-order valence-electron chi connectivity index (χ2n) is 4.85. The van der Waals surface area contributed by atoms with E-state index in [1.54, 1.807) is 7.11 Å². The predicted molar refractivity (Wildman–Crippen MR) is 77.0 cm³/mol. The van der Waals surface area contributed by atoms with Crippen molar-refractivity contribution in [3.8, 4) is 11.5 Å². The predicted octanol–water partition coefficient (Wildman–Crippen LogP) is 1.46. The van der Waals surface area contributed by atoms with Gasteiger partial charge in [-0.2, -0.15) is 0 Å². The number of hydrogen-bond donors (Lipinski definition) is 2. The molecule has 1 saturated carbocycles. The Bertz CT molecular complexity index is 458. The minimum atomic E-state index is -0.125. The van der Waals surface area contributed by atoms with E-state index < -0.39 is 0 Å². The molecule has 0 aliphatic heterocycles. The molecule has 110 valence electrons. The zero-order chi connectivity index (χ0) is 14.4. The third kappa shape index (κ3) is 4.13. The van der Waals surface area contributed by atoms with E-state index in [1.165, 1.54) is 12.8 Å². The van der Waals surface area contributed by atoms with Crippen LogP contribution >= 0.6 is 0 Å². The van der Waals surface area contributed by atoms with Crippen LogP contribution in [0.1, 0.15) is 25.3 Å². The van der Waals surface area contributed by atoms with Crippen molar-refractivity contribution >= 4 is 5.91 Å². The molecule has 0 unspecified atom stereocenters. The lowest BCUT2D eigenvalue weighted by Crippen LogP contribution is -2.28. The summed E-state index contributed by atoms with van der Waals surface area (Å²) in [4.78, 5) is 11.5. The molecule has 0 saturated heterocycles. The van der Waals surface area contributed by atoms with Gasteiger partial charge in [-0.05, 0) is 25.8 Å². The molecule has 0 radical (unpaired) electrons. The summed E-state index contributed by atoms with van der Waals surface area (Å²) in [6.07, 6.45) is 2.47. The molecule has 1 aliphatic carbocycles. The number of rotatable bonds is 8. The second kappa shape index (κ2) is 7.14. The lowest BCUT2D eigenvalue weighted by atomic mass is 10.2. The molecule has 0 heterocycles. The van der Waals surface area contributed by atoms with Gasteiger partial charge in [0, 0.05) is 24.7 Å². The Balaban J connectivity index is 2.03. The highest BCUT2D eigenvalue weighted by atomic mass is 16.5.